The fraction of sp³-hybridized carbons (Fsp3) is 0.444. The molecule has 0 aliphatic carbocycles. The molecular weight excluding hydrogens is 434 g/mol. The summed E-state index contributed by atoms with van der Waals surface area (Å²) in [5.41, 5.74) is 2.14. The molecule has 1 atom stereocenters. The second kappa shape index (κ2) is 11.4. The predicted molar refractivity (Wildman–Crippen MR) is 136 cm³/mol. The summed E-state index contributed by atoms with van der Waals surface area (Å²) in [5, 5.41) is 3.12. The first-order valence-electron chi connectivity index (χ1n) is 11.2. The van der Waals surface area contributed by atoms with E-state index in [-0.39, 0.29) is 18.9 Å². The number of hydrogen-bond acceptors (Lipinski definition) is 5. The number of nitrogens with one attached hydrogen (secondary N) is 1. The molecule has 2 aromatic carbocycles. The van der Waals surface area contributed by atoms with E-state index in [0.717, 1.165) is 16.7 Å². The van der Waals surface area contributed by atoms with Gasteiger partial charge in [0.2, 0.25) is 5.91 Å². The molecule has 0 saturated carbocycles. The molecule has 0 spiro atoms. The summed E-state index contributed by atoms with van der Waals surface area (Å²) in [5.74, 6) is -1.25. The van der Waals surface area contributed by atoms with Crippen LogP contribution in [0.1, 0.15) is 53.5 Å². The molecule has 0 fully saturated rings. The molecular formula is C27H35NO4S. The van der Waals surface area contributed by atoms with Crippen LogP contribution in [-0.2, 0) is 25.5 Å². The number of benzene rings is 2. The zero-order valence-electron chi connectivity index (χ0n) is 20.4. The first-order chi connectivity index (χ1) is 15.3. The normalized spacial score (nSPS) is 12.5. The van der Waals surface area contributed by atoms with Crippen molar-refractivity contribution in [3.8, 4) is 11.1 Å². The van der Waals surface area contributed by atoms with Gasteiger partial charge in [0.05, 0.1) is 18.9 Å². The Kier molecular flexibility index (Phi) is 9.17. The highest BCUT2D eigenvalue weighted by Gasteiger charge is 2.26. The Bertz CT molecular complexity index is 941. The fourth-order valence-corrected chi connectivity index (χ4v) is 3.59. The number of thiocarbonyl (C=S) groups is 1. The van der Waals surface area contributed by atoms with Crippen molar-refractivity contribution < 1.29 is 19.1 Å². The van der Waals surface area contributed by atoms with Gasteiger partial charge in [-0.25, -0.2) is 0 Å². The number of rotatable bonds is 8. The highest BCUT2D eigenvalue weighted by molar-refractivity contribution is 7.80. The van der Waals surface area contributed by atoms with E-state index in [0.29, 0.717) is 11.5 Å². The van der Waals surface area contributed by atoms with E-state index in [2.05, 4.69) is 17.4 Å². The van der Waals surface area contributed by atoms with Gasteiger partial charge in [-0.15, -0.1) is 0 Å². The summed E-state index contributed by atoms with van der Waals surface area (Å²) >= 11 is 5.23. The maximum absolute atomic E-state index is 13.0. The third kappa shape index (κ3) is 10.2. The van der Waals surface area contributed by atoms with E-state index in [1.807, 2.05) is 84.0 Å². The summed E-state index contributed by atoms with van der Waals surface area (Å²) in [7, 11) is 0. The number of amides is 1. The maximum Gasteiger partial charge on any atom is 0.307 e. The largest absolute Gasteiger partial charge is 0.480 e. The quantitative estimate of drug-likeness (QED) is 0.408. The van der Waals surface area contributed by atoms with Gasteiger partial charge in [0.15, 0.2) is 5.05 Å². The Balaban J connectivity index is 2.10. The summed E-state index contributed by atoms with van der Waals surface area (Å²) in [6.07, 6.45) is 0.392. The summed E-state index contributed by atoms with van der Waals surface area (Å²) in [6, 6.07) is 18.1. The van der Waals surface area contributed by atoms with Crippen LogP contribution in [0.4, 0.5) is 0 Å². The lowest BCUT2D eigenvalue weighted by atomic mass is 9.93. The van der Waals surface area contributed by atoms with Crippen LogP contribution >= 0.6 is 12.2 Å². The van der Waals surface area contributed by atoms with Crippen molar-refractivity contribution in [3.05, 3.63) is 60.2 Å². The second-order valence-electron chi connectivity index (χ2n) is 10.1. The number of carbonyl (C=O) groups excluding carboxylic acids is 2. The molecule has 5 nitrogen and oxygen atoms in total. The third-order valence-corrected chi connectivity index (χ3v) is 4.80. The van der Waals surface area contributed by atoms with Crippen molar-refractivity contribution in [2.75, 3.05) is 6.54 Å². The number of ether oxygens (including phenoxy) is 2. The molecule has 0 bridgehead atoms. The summed E-state index contributed by atoms with van der Waals surface area (Å²) in [4.78, 5) is 25.4. The van der Waals surface area contributed by atoms with E-state index in [1.165, 1.54) is 0 Å². The van der Waals surface area contributed by atoms with E-state index in [1.54, 1.807) is 0 Å². The van der Waals surface area contributed by atoms with Gasteiger partial charge >= 0.3 is 5.97 Å². The van der Waals surface area contributed by atoms with E-state index < -0.39 is 23.1 Å². The average molecular weight is 470 g/mol. The van der Waals surface area contributed by atoms with Crippen LogP contribution < -0.4 is 5.32 Å². The first-order valence-corrected chi connectivity index (χ1v) is 11.6. The van der Waals surface area contributed by atoms with Gasteiger partial charge in [-0.3, -0.25) is 9.59 Å². The van der Waals surface area contributed by atoms with E-state index in [4.69, 9.17) is 21.7 Å². The molecule has 0 aliphatic heterocycles. The molecule has 2 rings (SSSR count). The Morgan fingerprint density at radius 3 is 1.94 bits per heavy atom. The average Bonchev–Trinajstić information content (AvgIpc) is 2.70. The topological polar surface area (TPSA) is 64.6 Å². The molecule has 0 aromatic heterocycles. The zero-order valence-corrected chi connectivity index (χ0v) is 21.3. The lowest BCUT2D eigenvalue weighted by Gasteiger charge is -2.23. The van der Waals surface area contributed by atoms with Crippen molar-refractivity contribution in [1.29, 1.82) is 0 Å². The molecule has 2 aromatic rings. The number of hydrogen-bond donors (Lipinski definition) is 1. The van der Waals surface area contributed by atoms with Crippen LogP contribution in [0.15, 0.2) is 54.6 Å². The highest BCUT2D eigenvalue weighted by atomic mass is 32.1. The van der Waals surface area contributed by atoms with E-state index >= 15 is 0 Å². The number of esters is 1. The first kappa shape index (κ1) is 26.5. The van der Waals surface area contributed by atoms with Gasteiger partial charge < -0.3 is 14.8 Å². The minimum absolute atomic E-state index is 0.0174. The zero-order chi connectivity index (χ0) is 24.6. The van der Waals surface area contributed by atoms with Gasteiger partial charge in [-0.1, -0.05) is 54.6 Å². The second-order valence-corrected chi connectivity index (χ2v) is 10.5. The molecule has 0 saturated heterocycles. The van der Waals surface area contributed by atoms with Gasteiger partial charge in [-0.2, -0.15) is 0 Å². The van der Waals surface area contributed by atoms with Crippen LogP contribution in [0.5, 0.6) is 0 Å². The van der Waals surface area contributed by atoms with Gasteiger partial charge in [-0.05, 0) is 76.9 Å². The Morgan fingerprint density at radius 2 is 1.39 bits per heavy atom. The van der Waals surface area contributed by atoms with Crippen LogP contribution in [0.25, 0.3) is 11.1 Å². The molecule has 6 heteroatoms. The van der Waals surface area contributed by atoms with Gasteiger partial charge in [0.25, 0.3) is 0 Å². The molecule has 178 valence electrons. The van der Waals surface area contributed by atoms with E-state index in [9.17, 15) is 9.59 Å². The minimum atomic E-state index is -0.614. The Hall–Kier alpha value is -2.73. The molecule has 33 heavy (non-hydrogen) atoms. The van der Waals surface area contributed by atoms with Crippen LogP contribution in [-0.4, -0.2) is 34.7 Å². The van der Waals surface area contributed by atoms with Gasteiger partial charge in [0, 0.05) is 0 Å². The molecule has 1 amide bonds. The summed E-state index contributed by atoms with van der Waals surface area (Å²) < 4.78 is 11.1. The monoisotopic (exact) mass is 469 g/mol. The maximum atomic E-state index is 13.0. The van der Waals surface area contributed by atoms with Crippen LogP contribution in [0, 0.1) is 5.92 Å². The minimum Gasteiger partial charge on any atom is -0.480 e. The van der Waals surface area contributed by atoms with Crippen molar-refractivity contribution in [2.45, 2.75) is 65.6 Å². The molecule has 1 N–H and O–H groups in total. The van der Waals surface area contributed by atoms with Crippen molar-refractivity contribution in [3.63, 3.8) is 0 Å². The predicted octanol–water partition coefficient (Wildman–Crippen LogP) is 5.50. The lowest BCUT2D eigenvalue weighted by Crippen LogP contribution is -2.39. The van der Waals surface area contributed by atoms with Gasteiger partial charge in [0.1, 0.15) is 11.2 Å². The standard InChI is InChI=1S/C27H35NO4S/c1-26(2,3)31-23(29)17-22(25(30)28-18-24(33)32-27(4,5)6)16-19-12-14-21(15-13-19)20-10-8-7-9-11-20/h7-15,22H,16-18H2,1-6H3,(H,28,30). The van der Waals surface area contributed by atoms with Crippen molar-refractivity contribution in [2.24, 2.45) is 5.92 Å². The third-order valence-electron chi connectivity index (χ3n) is 4.57. The molecule has 0 radical (unpaired) electrons. The lowest BCUT2D eigenvalue weighted by molar-refractivity contribution is -0.157. The van der Waals surface area contributed by atoms with Crippen molar-refractivity contribution >= 4 is 29.1 Å². The summed E-state index contributed by atoms with van der Waals surface area (Å²) in [6.45, 7) is 11.2. The molecule has 0 aliphatic rings. The number of carbonyl (C=O) groups is 2. The highest BCUT2D eigenvalue weighted by Crippen LogP contribution is 2.22. The Labute approximate surface area is 202 Å². The Morgan fingerprint density at radius 1 is 0.848 bits per heavy atom. The van der Waals surface area contributed by atoms with Crippen molar-refractivity contribution in [1.82, 2.24) is 5.32 Å². The molecule has 1 unspecified atom stereocenters. The van der Waals surface area contributed by atoms with Crippen LogP contribution in [0.3, 0.4) is 0 Å². The molecule has 0 heterocycles. The van der Waals surface area contributed by atoms with Crippen LogP contribution in [0.2, 0.25) is 0 Å². The SMILES string of the molecule is CC(C)(C)OC(=O)CC(Cc1ccc(-c2ccccc2)cc1)C(=O)NCC(=S)OC(C)(C)C. The fourth-order valence-electron chi connectivity index (χ4n) is 3.27. The smallest absolute Gasteiger partial charge is 0.307 e.